The van der Waals surface area contributed by atoms with Gasteiger partial charge in [0.15, 0.2) is 0 Å². The Balaban J connectivity index is 2.20. The molecular weight excluding hydrogens is 188 g/mol. The minimum absolute atomic E-state index is 0.165. The maximum Gasteiger partial charge on any atom is 0.0991 e. The second-order valence-corrected chi connectivity index (χ2v) is 3.95. The minimum Gasteiger partial charge on any atom is -0.391 e. The molecule has 0 amide bonds. The van der Waals surface area contributed by atoms with Crippen LogP contribution in [0.5, 0.6) is 0 Å². The number of anilines is 1. The molecule has 2 rings (SSSR count). The van der Waals surface area contributed by atoms with Crippen molar-refractivity contribution in [1.82, 2.24) is 0 Å². The van der Waals surface area contributed by atoms with Gasteiger partial charge in [0, 0.05) is 12.2 Å². The van der Waals surface area contributed by atoms with Gasteiger partial charge in [-0.3, -0.25) is 0 Å². The molecule has 1 aliphatic heterocycles. The van der Waals surface area contributed by atoms with Gasteiger partial charge in [-0.1, -0.05) is 0 Å². The second-order valence-electron chi connectivity index (χ2n) is 3.95. The SMILES string of the molecule is C[C@H]1[C@@H](O)CCN1c1ccc(C#N)cc1. The van der Waals surface area contributed by atoms with Crippen LogP contribution in [0.4, 0.5) is 5.69 Å². The van der Waals surface area contributed by atoms with E-state index in [0.29, 0.717) is 5.56 Å². The highest BCUT2D eigenvalue weighted by molar-refractivity contribution is 5.51. The van der Waals surface area contributed by atoms with Gasteiger partial charge in [0.1, 0.15) is 0 Å². The summed E-state index contributed by atoms with van der Waals surface area (Å²) in [4.78, 5) is 2.17. The van der Waals surface area contributed by atoms with E-state index in [4.69, 9.17) is 5.26 Å². The van der Waals surface area contributed by atoms with Crippen LogP contribution in [-0.4, -0.2) is 23.8 Å². The van der Waals surface area contributed by atoms with Crippen molar-refractivity contribution < 1.29 is 5.11 Å². The van der Waals surface area contributed by atoms with Gasteiger partial charge in [0.25, 0.3) is 0 Å². The quantitative estimate of drug-likeness (QED) is 0.751. The summed E-state index contributed by atoms with van der Waals surface area (Å²) in [7, 11) is 0. The summed E-state index contributed by atoms with van der Waals surface area (Å²) in [5, 5.41) is 18.3. The van der Waals surface area contributed by atoms with Gasteiger partial charge in [0.05, 0.1) is 23.8 Å². The van der Waals surface area contributed by atoms with Gasteiger partial charge in [-0.25, -0.2) is 0 Å². The number of benzene rings is 1. The zero-order valence-corrected chi connectivity index (χ0v) is 8.72. The molecule has 3 nitrogen and oxygen atoms in total. The van der Waals surface area contributed by atoms with Crippen molar-refractivity contribution in [1.29, 1.82) is 5.26 Å². The Morgan fingerprint density at radius 3 is 2.53 bits per heavy atom. The smallest absolute Gasteiger partial charge is 0.0991 e. The fourth-order valence-corrected chi connectivity index (χ4v) is 2.02. The van der Waals surface area contributed by atoms with Crippen LogP contribution in [0.15, 0.2) is 24.3 Å². The molecule has 2 atom stereocenters. The highest BCUT2D eigenvalue weighted by Crippen LogP contribution is 2.25. The first-order valence-corrected chi connectivity index (χ1v) is 5.17. The minimum atomic E-state index is -0.236. The molecule has 0 spiro atoms. The van der Waals surface area contributed by atoms with Crippen LogP contribution < -0.4 is 4.90 Å². The van der Waals surface area contributed by atoms with Gasteiger partial charge < -0.3 is 10.0 Å². The molecule has 1 fully saturated rings. The van der Waals surface area contributed by atoms with Crippen LogP contribution in [0.1, 0.15) is 18.9 Å². The molecule has 1 aromatic carbocycles. The molecule has 1 aromatic rings. The molecule has 3 heteroatoms. The lowest BCUT2D eigenvalue weighted by atomic mass is 10.2. The van der Waals surface area contributed by atoms with E-state index in [-0.39, 0.29) is 12.1 Å². The van der Waals surface area contributed by atoms with Crippen LogP contribution >= 0.6 is 0 Å². The first-order valence-electron chi connectivity index (χ1n) is 5.17. The topological polar surface area (TPSA) is 47.3 Å². The van der Waals surface area contributed by atoms with E-state index in [1.54, 1.807) is 0 Å². The molecule has 15 heavy (non-hydrogen) atoms. The number of hydrogen-bond acceptors (Lipinski definition) is 3. The summed E-state index contributed by atoms with van der Waals surface area (Å²) >= 11 is 0. The van der Waals surface area contributed by atoms with E-state index in [1.165, 1.54) is 0 Å². The predicted octanol–water partition coefficient (Wildman–Crippen LogP) is 1.52. The fourth-order valence-electron chi connectivity index (χ4n) is 2.02. The molecule has 0 aliphatic carbocycles. The van der Waals surface area contributed by atoms with Crippen molar-refractivity contribution in [2.75, 3.05) is 11.4 Å². The third kappa shape index (κ3) is 1.81. The average Bonchev–Trinajstić information content (AvgIpc) is 2.60. The Morgan fingerprint density at radius 1 is 1.40 bits per heavy atom. The van der Waals surface area contributed by atoms with Crippen LogP contribution in [0, 0.1) is 11.3 Å². The zero-order valence-electron chi connectivity index (χ0n) is 8.72. The van der Waals surface area contributed by atoms with Crippen LogP contribution in [0.2, 0.25) is 0 Å². The van der Waals surface area contributed by atoms with Crippen molar-refractivity contribution in [3.8, 4) is 6.07 Å². The lowest BCUT2D eigenvalue weighted by Gasteiger charge is -2.24. The third-order valence-corrected chi connectivity index (χ3v) is 3.04. The van der Waals surface area contributed by atoms with E-state index < -0.39 is 0 Å². The highest BCUT2D eigenvalue weighted by Gasteiger charge is 2.28. The lowest BCUT2D eigenvalue weighted by molar-refractivity contribution is 0.170. The molecule has 0 saturated carbocycles. The molecule has 78 valence electrons. The molecule has 1 aliphatic rings. The molecule has 0 aromatic heterocycles. The van der Waals surface area contributed by atoms with Gasteiger partial charge >= 0.3 is 0 Å². The number of hydrogen-bond donors (Lipinski definition) is 1. The first kappa shape index (κ1) is 10.0. The van der Waals surface area contributed by atoms with E-state index in [9.17, 15) is 5.11 Å². The number of aliphatic hydroxyl groups excluding tert-OH is 1. The van der Waals surface area contributed by atoms with Crippen molar-refractivity contribution in [3.63, 3.8) is 0 Å². The lowest BCUT2D eigenvalue weighted by Crippen LogP contribution is -2.31. The van der Waals surface area contributed by atoms with Crippen molar-refractivity contribution in [2.45, 2.75) is 25.5 Å². The van der Waals surface area contributed by atoms with Crippen molar-refractivity contribution in [3.05, 3.63) is 29.8 Å². The van der Waals surface area contributed by atoms with E-state index >= 15 is 0 Å². The molecule has 0 radical (unpaired) electrons. The van der Waals surface area contributed by atoms with E-state index in [2.05, 4.69) is 11.0 Å². The zero-order chi connectivity index (χ0) is 10.8. The summed E-state index contributed by atoms with van der Waals surface area (Å²) in [6.07, 6.45) is 0.585. The second kappa shape index (κ2) is 3.92. The molecule has 0 bridgehead atoms. The number of nitriles is 1. The standard InChI is InChI=1S/C12H14N2O/c1-9-12(15)6-7-14(9)11-4-2-10(8-13)3-5-11/h2-5,9,12,15H,6-7H2,1H3/t9-,12-/m0/s1. The monoisotopic (exact) mass is 202 g/mol. The molecule has 1 N–H and O–H groups in total. The third-order valence-electron chi connectivity index (χ3n) is 3.04. The average molecular weight is 202 g/mol. The Morgan fingerprint density at radius 2 is 2.07 bits per heavy atom. The fraction of sp³-hybridized carbons (Fsp3) is 0.417. The Labute approximate surface area is 89.6 Å². The molecule has 1 heterocycles. The van der Waals surface area contributed by atoms with Crippen LogP contribution in [0.25, 0.3) is 0 Å². The summed E-state index contributed by atoms with van der Waals surface area (Å²) in [5.74, 6) is 0. The van der Waals surface area contributed by atoms with Gasteiger partial charge in [-0.05, 0) is 37.6 Å². The largest absolute Gasteiger partial charge is 0.391 e. The predicted molar refractivity (Wildman–Crippen MR) is 58.6 cm³/mol. The Bertz CT molecular complexity index is 380. The number of nitrogens with zero attached hydrogens (tertiary/aromatic N) is 2. The maximum absolute atomic E-state index is 9.64. The highest BCUT2D eigenvalue weighted by atomic mass is 16.3. The number of rotatable bonds is 1. The van der Waals surface area contributed by atoms with Crippen LogP contribution in [-0.2, 0) is 0 Å². The Kier molecular flexibility index (Phi) is 2.61. The van der Waals surface area contributed by atoms with Gasteiger partial charge in [-0.2, -0.15) is 5.26 Å². The van der Waals surface area contributed by atoms with Crippen LogP contribution in [0.3, 0.4) is 0 Å². The number of aliphatic hydroxyl groups is 1. The van der Waals surface area contributed by atoms with Crippen molar-refractivity contribution in [2.24, 2.45) is 0 Å². The van der Waals surface area contributed by atoms with Crippen molar-refractivity contribution >= 4 is 5.69 Å². The molecule has 0 unspecified atom stereocenters. The summed E-state index contributed by atoms with van der Waals surface area (Å²) in [6.45, 7) is 2.91. The molecular formula is C12H14N2O. The van der Waals surface area contributed by atoms with E-state index in [0.717, 1.165) is 18.7 Å². The van der Waals surface area contributed by atoms with E-state index in [1.807, 2.05) is 31.2 Å². The Hall–Kier alpha value is -1.53. The summed E-state index contributed by atoms with van der Waals surface area (Å²) in [6, 6.07) is 9.76. The normalized spacial score (nSPS) is 25.3. The summed E-state index contributed by atoms with van der Waals surface area (Å²) < 4.78 is 0. The molecule has 1 saturated heterocycles. The van der Waals surface area contributed by atoms with Gasteiger partial charge in [-0.15, -0.1) is 0 Å². The first-order chi connectivity index (χ1) is 7.22. The van der Waals surface area contributed by atoms with Gasteiger partial charge in [0.2, 0.25) is 0 Å². The maximum atomic E-state index is 9.64. The summed E-state index contributed by atoms with van der Waals surface area (Å²) in [5.41, 5.74) is 1.75.